The molecule has 1 saturated heterocycles. The Bertz CT molecular complexity index is 780. The van der Waals surface area contributed by atoms with Crippen molar-refractivity contribution in [2.24, 2.45) is 5.92 Å². The number of nitriles is 1. The number of aromatic nitrogens is 1. The van der Waals surface area contributed by atoms with E-state index in [2.05, 4.69) is 21.3 Å². The van der Waals surface area contributed by atoms with Crippen LogP contribution in [0, 0.1) is 17.2 Å². The van der Waals surface area contributed by atoms with Gasteiger partial charge in [-0.3, -0.25) is 9.78 Å². The molecule has 26 heavy (non-hydrogen) atoms. The average molecular weight is 350 g/mol. The Hall–Kier alpha value is -2.91. The Labute approximate surface area is 153 Å². The summed E-state index contributed by atoms with van der Waals surface area (Å²) >= 11 is 0. The van der Waals surface area contributed by atoms with E-state index in [-0.39, 0.29) is 0 Å². The van der Waals surface area contributed by atoms with Crippen LogP contribution in [0.2, 0.25) is 0 Å². The van der Waals surface area contributed by atoms with E-state index in [9.17, 15) is 15.2 Å². The average Bonchev–Trinajstić information content (AvgIpc) is 2.72. The number of nitrogens with one attached hydrogen (secondary N) is 1. The fourth-order valence-electron chi connectivity index (χ4n) is 3.25. The van der Waals surface area contributed by atoms with Crippen molar-refractivity contribution in [1.29, 1.82) is 5.26 Å². The minimum Gasteiger partial charge on any atom is -0.378 e. The molecular weight excluding hydrogens is 328 g/mol. The van der Waals surface area contributed by atoms with Gasteiger partial charge >= 0.3 is 0 Å². The molecule has 1 aliphatic heterocycles. The maximum atomic E-state index is 12.1. The molecule has 2 aromatic rings. The summed E-state index contributed by atoms with van der Waals surface area (Å²) in [5, 5.41) is 22.2. The first-order chi connectivity index (χ1) is 12.7. The number of benzene rings is 1. The van der Waals surface area contributed by atoms with Crippen LogP contribution in [0.4, 0.5) is 5.69 Å². The van der Waals surface area contributed by atoms with Gasteiger partial charge in [-0.1, -0.05) is 18.2 Å². The molecule has 1 atom stereocenters. The summed E-state index contributed by atoms with van der Waals surface area (Å²) in [5.41, 5.74) is 2.16. The van der Waals surface area contributed by atoms with Crippen molar-refractivity contribution in [2.45, 2.75) is 18.9 Å². The zero-order valence-electron chi connectivity index (χ0n) is 14.5. The molecule has 0 radical (unpaired) electrons. The van der Waals surface area contributed by atoms with Gasteiger partial charge in [0.2, 0.25) is 0 Å². The van der Waals surface area contributed by atoms with Crippen molar-refractivity contribution in [3.05, 3.63) is 59.9 Å². The number of rotatable bonds is 5. The monoisotopic (exact) mass is 350 g/mol. The van der Waals surface area contributed by atoms with Crippen LogP contribution in [0.25, 0.3) is 0 Å². The highest BCUT2D eigenvalue weighted by Crippen LogP contribution is 2.25. The van der Waals surface area contributed by atoms with Crippen LogP contribution in [0.1, 0.15) is 30.1 Å². The summed E-state index contributed by atoms with van der Waals surface area (Å²) < 4.78 is 0. The largest absolute Gasteiger partial charge is 0.378 e. The van der Waals surface area contributed by atoms with E-state index in [4.69, 9.17) is 0 Å². The fraction of sp³-hybridized carbons (Fsp3) is 0.350. The SMILES string of the molecule is N#Cc1ccccc1N1CCC(CNC(=O)C(O)c2cccnc2)CC1. The molecule has 1 amide bonds. The molecule has 3 rings (SSSR count). The Balaban J connectivity index is 1.49. The number of anilines is 1. The summed E-state index contributed by atoms with van der Waals surface area (Å²) in [4.78, 5) is 18.3. The number of carbonyl (C=O) groups excluding carboxylic acids is 1. The van der Waals surface area contributed by atoms with E-state index >= 15 is 0 Å². The molecule has 2 heterocycles. The van der Waals surface area contributed by atoms with Gasteiger partial charge < -0.3 is 15.3 Å². The predicted molar refractivity (Wildman–Crippen MR) is 98.3 cm³/mol. The Kier molecular flexibility index (Phi) is 5.82. The minimum absolute atomic E-state index is 0.366. The van der Waals surface area contributed by atoms with Crippen molar-refractivity contribution < 1.29 is 9.90 Å². The molecule has 0 spiro atoms. The number of piperidine rings is 1. The highest BCUT2D eigenvalue weighted by molar-refractivity contribution is 5.81. The summed E-state index contributed by atoms with van der Waals surface area (Å²) in [5.74, 6) is -0.0270. The maximum absolute atomic E-state index is 12.1. The zero-order valence-corrected chi connectivity index (χ0v) is 14.5. The van der Waals surface area contributed by atoms with Crippen molar-refractivity contribution in [3.8, 4) is 6.07 Å². The molecule has 0 aliphatic carbocycles. The molecule has 1 fully saturated rings. The van der Waals surface area contributed by atoms with Gasteiger partial charge in [0.25, 0.3) is 5.91 Å². The lowest BCUT2D eigenvalue weighted by molar-refractivity contribution is -0.129. The van der Waals surface area contributed by atoms with Crippen LogP contribution < -0.4 is 10.2 Å². The maximum Gasteiger partial charge on any atom is 0.253 e. The summed E-state index contributed by atoms with van der Waals surface area (Å²) in [6.45, 7) is 2.25. The predicted octanol–water partition coefficient (Wildman–Crippen LogP) is 2.02. The molecule has 6 nitrogen and oxygen atoms in total. The first kappa shape index (κ1) is 17.9. The van der Waals surface area contributed by atoms with Gasteiger partial charge in [0.15, 0.2) is 6.10 Å². The van der Waals surface area contributed by atoms with Crippen molar-refractivity contribution in [3.63, 3.8) is 0 Å². The number of carbonyl (C=O) groups is 1. The molecule has 134 valence electrons. The topological polar surface area (TPSA) is 89.2 Å². The van der Waals surface area contributed by atoms with Gasteiger partial charge in [-0.05, 0) is 37.0 Å². The second-order valence-electron chi connectivity index (χ2n) is 6.49. The smallest absolute Gasteiger partial charge is 0.253 e. The summed E-state index contributed by atoms with van der Waals surface area (Å²) in [6, 6.07) is 13.3. The molecule has 1 aromatic carbocycles. The van der Waals surface area contributed by atoms with Crippen LogP contribution in [-0.2, 0) is 4.79 Å². The Morgan fingerprint density at radius 2 is 2.08 bits per heavy atom. The third-order valence-corrected chi connectivity index (χ3v) is 4.79. The summed E-state index contributed by atoms with van der Waals surface area (Å²) in [6.07, 6.45) is 3.78. The fourth-order valence-corrected chi connectivity index (χ4v) is 3.25. The van der Waals surface area contributed by atoms with Gasteiger partial charge in [-0.25, -0.2) is 0 Å². The van der Waals surface area contributed by atoms with E-state index in [1.165, 1.54) is 6.20 Å². The van der Waals surface area contributed by atoms with Crippen molar-refractivity contribution in [2.75, 3.05) is 24.5 Å². The number of hydrogen-bond acceptors (Lipinski definition) is 5. The number of amides is 1. The van der Waals surface area contributed by atoms with Crippen LogP contribution >= 0.6 is 0 Å². The first-order valence-corrected chi connectivity index (χ1v) is 8.79. The van der Waals surface area contributed by atoms with Gasteiger partial charge in [-0.2, -0.15) is 5.26 Å². The molecular formula is C20H22N4O2. The quantitative estimate of drug-likeness (QED) is 0.861. The Morgan fingerprint density at radius 3 is 2.77 bits per heavy atom. The van der Waals surface area contributed by atoms with E-state index in [1.807, 2.05) is 24.3 Å². The van der Waals surface area contributed by atoms with Crippen LogP contribution in [0.5, 0.6) is 0 Å². The first-order valence-electron chi connectivity index (χ1n) is 8.79. The van der Waals surface area contributed by atoms with Crippen LogP contribution in [-0.4, -0.2) is 35.6 Å². The molecule has 6 heteroatoms. The standard InChI is InChI=1S/C20H22N4O2/c21-12-16-4-1-2-6-18(16)24-10-7-15(8-11-24)13-23-20(26)19(25)17-5-3-9-22-14-17/h1-6,9,14-15,19,25H,7-8,10-11,13H2,(H,23,26). The lowest BCUT2D eigenvalue weighted by Gasteiger charge is -2.34. The molecule has 2 N–H and O–H groups in total. The number of para-hydroxylation sites is 1. The third kappa shape index (κ3) is 4.19. The normalized spacial score (nSPS) is 15.9. The third-order valence-electron chi connectivity index (χ3n) is 4.79. The van der Waals surface area contributed by atoms with Gasteiger partial charge in [-0.15, -0.1) is 0 Å². The lowest BCUT2D eigenvalue weighted by atomic mass is 9.95. The highest BCUT2D eigenvalue weighted by Gasteiger charge is 2.23. The van der Waals surface area contributed by atoms with Crippen LogP contribution in [0.3, 0.4) is 0 Å². The molecule has 1 unspecified atom stereocenters. The van der Waals surface area contributed by atoms with Gasteiger partial charge in [0.05, 0.1) is 11.3 Å². The minimum atomic E-state index is -1.19. The zero-order chi connectivity index (χ0) is 18.4. The number of aliphatic hydroxyl groups is 1. The number of nitrogens with zero attached hydrogens (tertiary/aromatic N) is 3. The second-order valence-corrected chi connectivity index (χ2v) is 6.49. The van der Waals surface area contributed by atoms with Crippen molar-refractivity contribution in [1.82, 2.24) is 10.3 Å². The van der Waals surface area contributed by atoms with Crippen LogP contribution in [0.15, 0.2) is 48.8 Å². The number of aliphatic hydroxyl groups excluding tert-OH is 1. The number of pyridine rings is 1. The number of hydrogen-bond donors (Lipinski definition) is 2. The van der Waals surface area contributed by atoms with Gasteiger partial charge in [0, 0.05) is 37.6 Å². The van der Waals surface area contributed by atoms with E-state index in [0.29, 0.717) is 23.6 Å². The van der Waals surface area contributed by atoms with E-state index < -0.39 is 12.0 Å². The lowest BCUT2D eigenvalue weighted by Crippen LogP contribution is -2.40. The molecule has 1 aliphatic rings. The highest BCUT2D eigenvalue weighted by atomic mass is 16.3. The van der Waals surface area contributed by atoms with E-state index in [0.717, 1.165) is 31.6 Å². The van der Waals surface area contributed by atoms with E-state index in [1.54, 1.807) is 18.3 Å². The molecule has 0 bridgehead atoms. The van der Waals surface area contributed by atoms with Crippen molar-refractivity contribution >= 4 is 11.6 Å². The second kappa shape index (κ2) is 8.45. The van der Waals surface area contributed by atoms with Gasteiger partial charge in [0.1, 0.15) is 6.07 Å². The summed E-state index contributed by atoms with van der Waals surface area (Å²) in [7, 11) is 0. The molecule has 0 saturated carbocycles. The molecule has 1 aromatic heterocycles. The Morgan fingerprint density at radius 1 is 1.31 bits per heavy atom.